The molecule has 1 aromatic carbocycles. The van der Waals surface area contributed by atoms with Crippen molar-refractivity contribution in [2.75, 3.05) is 6.54 Å². The van der Waals surface area contributed by atoms with E-state index in [9.17, 15) is 18.0 Å². The zero-order chi connectivity index (χ0) is 13.2. The van der Waals surface area contributed by atoms with Crippen LogP contribution in [0.15, 0.2) is 18.2 Å². The molecule has 1 aromatic rings. The first-order valence-corrected chi connectivity index (χ1v) is 5.88. The lowest BCUT2D eigenvalue weighted by Gasteiger charge is -2.17. The summed E-state index contributed by atoms with van der Waals surface area (Å²) in [5.74, 6) is -0.444. The van der Waals surface area contributed by atoms with Crippen molar-refractivity contribution < 1.29 is 18.0 Å². The Morgan fingerprint density at radius 3 is 2.78 bits per heavy atom. The van der Waals surface area contributed by atoms with Gasteiger partial charge < -0.3 is 5.32 Å². The summed E-state index contributed by atoms with van der Waals surface area (Å²) < 4.78 is 36.1. The van der Waals surface area contributed by atoms with E-state index in [-0.39, 0.29) is 0 Å². The number of carbonyl (C=O) groups excluding carboxylic acids is 1. The van der Waals surface area contributed by atoms with Crippen LogP contribution in [0.5, 0.6) is 0 Å². The van der Waals surface area contributed by atoms with Crippen LogP contribution in [0.1, 0.15) is 34.3 Å². The van der Waals surface area contributed by atoms with Gasteiger partial charge in [-0.25, -0.2) is 0 Å². The number of hydrogen-bond acceptors (Lipinski definition) is 2. The molecule has 2 rings (SSSR count). The van der Waals surface area contributed by atoms with Gasteiger partial charge in [0.15, 0.2) is 5.78 Å². The van der Waals surface area contributed by atoms with Gasteiger partial charge in [0.1, 0.15) is 0 Å². The summed E-state index contributed by atoms with van der Waals surface area (Å²) in [7, 11) is 0. The summed E-state index contributed by atoms with van der Waals surface area (Å²) in [6, 6.07) is 5.18. The topological polar surface area (TPSA) is 29.1 Å². The zero-order valence-corrected chi connectivity index (χ0v) is 9.81. The van der Waals surface area contributed by atoms with E-state index in [1.165, 1.54) is 5.56 Å². The van der Waals surface area contributed by atoms with E-state index in [2.05, 4.69) is 5.32 Å². The fraction of sp³-hybridized carbons (Fsp3) is 0.462. The first kappa shape index (κ1) is 13.1. The third-order valence-corrected chi connectivity index (χ3v) is 3.05. The van der Waals surface area contributed by atoms with Gasteiger partial charge in [0, 0.05) is 18.5 Å². The van der Waals surface area contributed by atoms with Crippen molar-refractivity contribution in [1.29, 1.82) is 0 Å². The molecule has 98 valence electrons. The molecule has 18 heavy (non-hydrogen) atoms. The van der Waals surface area contributed by atoms with E-state index >= 15 is 0 Å². The molecule has 0 saturated heterocycles. The number of rotatable bonds is 3. The van der Waals surface area contributed by atoms with Gasteiger partial charge in [-0.1, -0.05) is 12.1 Å². The maximum atomic E-state index is 12.0. The SMILES string of the molecule is O=C(CCC(F)(F)F)c1ccc2c(c1)CNCC2. The van der Waals surface area contributed by atoms with Gasteiger partial charge in [0.2, 0.25) is 0 Å². The third-order valence-electron chi connectivity index (χ3n) is 3.05. The summed E-state index contributed by atoms with van der Waals surface area (Å²) in [4.78, 5) is 11.7. The minimum absolute atomic E-state index is 0.377. The van der Waals surface area contributed by atoms with Gasteiger partial charge in [-0.3, -0.25) is 4.79 Å². The molecule has 1 N–H and O–H groups in total. The summed E-state index contributed by atoms with van der Waals surface area (Å²) in [5, 5.41) is 3.17. The van der Waals surface area contributed by atoms with E-state index in [0.717, 1.165) is 18.5 Å². The lowest BCUT2D eigenvalue weighted by Crippen LogP contribution is -2.23. The molecule has 0 fully saturated rings. The van der Waals surface area contributed by atoms with Crippen LogP contribution < -0.4 is 5.32 Å². The minimum Gasteiger partial charge on any atom is -0.312 e. The summed E-state index contributed by atoms with van der Waals surface area (Å²) >= 11 is 0. The van der Waals surface area contributed by atoms with Gasteiger partial charge in [-0.2, -0.15) is 13.2 Å². The molecular weight excluding hydrogens is 243 g/mol. The van der Waals surface area contributed by atoms with Crippen molar-refractivity contribution in [2.24, 2.45) is 0 Å². The Bertz CT molecular complexity index is 454. The van der Waals surface area contributed by atoms with Gasteiger partial charge in [0.05, 0.1) is 6.42 Å². The smallest absolute Gasteiger partial charge is 0.312 e. The van der Waals surface area contributed by atoms with Gasteiger partial charge in [-0.15, -0.1) is 0 Å². The molecule has 0 bridgehead atoms. The molecule has 1 aliphatic heterocycles. The van der Waals surface area contributed by atoms with E-state index in [1.54, 1.807) is 12.1 Å². The van der Waals surface area contributed by atoms with Crippen LogP contribution >= 0.6 is 0 Å². The molecule has 0 aliphatic carbocycles. The van der Waals surface area contributed by atoms with Crippen molar-refractivity contribution in [2.45, 2.75) is 32.0 Å². The second kappa shape index (κ2) is 5.10. The standard InChI is InChI=1S/C13H14F3NO/c14-13(15,16)5-3-12(18)10-2-1-9-4-6-17-8-11(9)7-10/h1-2,7,17H,3-6,8H2. The number of Topliss-reactive ketones (excluding diaryl/α,β-unsaturated/α-hetero) is 1. The van der Waals surface area contributed by atoms with Crippen LogP contribution in [0.3, 0.4) is 0 Å². The molecule has 0 radical (unpaired) electrons. The Balaban J connectivity index is 2.07. The van der Waals surface area contributed by atoms with Crippen LogP contribution in [0.4, 0.5) is 13.2 Å². The summed E-state index contributed by atoms with van der Waals surface area (Å²) in [5.41, 5.74) is 2.56. The maximum absolute atomic E-state index is 12.0. The van der Waals surface area contributed by atoms with Crippen LogP contribution in [0.25, 0.3) is 0 Å². The lowest BCUT2D eigenvalue weighted by molar-refractivity contribution is -0.133. The van der Waals surface area contributed by atoms with E-state index in [1.807, 2.05) is 6.07 Å². The Morgan fingerprint density at radius 1 is 1.28 bits per heavy atom. The van der Waals surface area contributed by atoms with Crippen molar-refractivity contribution in [3.63, 3.8) is 0 Å². The molecule has 0 amide bonds. The van der Waals surface area contributed by atoms with E-state index in [4.69, 9.17) is 0 Å². The normalized spacial score (nSPS) is 15.3. The molecule has 0 aromatic heterocycles. The Hall–Kier alpha value is -1.36. The average Bonchev–Trinajstić information content (AvgIpc) is 2.34. The van der Waals surface area contributed by atoms with Crippen molar-refractivity contribution in [3.8, 4) is 0 Å². The molecule has 0 spiro atoms. The zero-order valence-electron chi connectivity index (χ0n) is 9.81. The Labute approximate surface area is 103 Å². The van der Waals surface area contributed by atoms with Crippen LogP contribution in [-0.2, 0) is 13.0 Å². The Kier molecular flexibility index (Phi) is 3.71. The van der Waals surface area contributed by atoms with Crippen LogP contribution in [0, 0.1) is 0 Å². The van der Waals surface area contributed by atoms with Gasteiger partial charge >= 0.3 is 6.18 Å². The predicted octanol–water partition coefficient (Wildman–Crippen LogP) is 2.86. The van der Waals surface area contributed by atoms with Gasteiger partial charge in [-0.05, 0) is 30.2 Å². The number of hydrogen-bond donors (Lipinski definition) is 1. The monoisotopic (exact) mass is 257 g/mol. The molecule has 2 nitrogen and oxygen atoms in total. The molecule has 0 unspecified atom stereocenters. The largest absolute Gasteiger partial charge is 0.389 e. The highest BCUT2D eigenvalue weighted by Gasteiger charge is 2.28. The second-order valence-electron chi connectivity index (χ2n) is 4.45. The quantitative estimate of drug-likeness (QED) is 0.844. The molecule has 0 atom stereocenters. The lowest BCUT2D eigenvalue weighted by atomic mass is 9.96. The van der Waals surface area contributed by atoms with E-state index < -0.39 is 24.8 Å². The number of nitrogens with one attached hydrogen (secondary N) is 1. The van der Waals surface area contributed by atoms with Crippen molar-refractivity contribution in [3.05, 3.63) is 34.9 Å². The highest BCUT2D eigenvalue weighted by Crippen LogP contribution is 2.23. The van der Waals surface area contributed by atoms with E-state index in [0.29, 0.717) is 12.1 Å². The fourth-order valence-corrected chi connectivity index (χ4v) is 2.05. The van der Waals surface area contributed by atoms with Crippen LogP contribution in [-0.4, -0.2) is 18.5 Å². The number of carbonyl (C=O) groups is 1. The number of fused-ring (bicyclic) bond motifs is 1. The predicted molar refractivity (Wildman–Crippen MR) is 61.5 cm³/mol. The molecular formula is C13H14F3NO. The highest BCUT2D eigenvalue weighted by atomic mass is 19.4. The molecule has 5 heteroatoms. The molecule has 1 heterocycles. The third kappa shape index (κ3) is 3.32. The number of benzene rings is 1. The average molecular weight is 257 g/mol. The van der Waals surface area contributed by atoms with Crippen molar-refractivity contribution in [1.82, 2.24) is 5.32 Å². The number of alkyl halides is 3. The minimum atomic E-state index is -4.27. The number of ketones is 1. The Morgan fingerprint density at radius 2 is 2.06 bits per heavy atom. The fourth-order valence-electron chi connectivity index (χ4n) is 2.05. The second-order valence-corrected chi connectivity index (χ2v) is 4.45. The first-order valence-electron chi connectivity index (χ1n) is 5.88. The summed E-state index contributed by atoms with van der Waals surface area (Å²) in [6.07, 6.45) is -4.91. The van der Waals surface area contributed by atoms with Gasteiger partial charge in [0.25, 0.3) is 0 Å². The molecule has 0 saturated carbocycles. The first-order chi connectivity index (χ1) is 8.46. The molecule has 1 aliphatic rings. The summed E-state index contributed by atoms with van der Waals surface area (Å²) in [6.45, 7) is 1.57. The van der Waals surface area contributed by atoms with Crippen molar-refractivity contribution >= 4 is 5.78 Å². The maximum Gasteiger partial charge on any atom is 0.389 e. The highest BCUT2D eigenvalue weighted by molar-refractivity contribution is 5.96. The number of halogens is 3. The van der Waals surface area contributed by atoms with Crippen LogP contribution in [0.2, 0.25) is 0 Å².